The zero-order valence-corrected chi connectivity index (χ0v) is 17.0. The van der Waals surface area contributed by atoms with Crippen LogP contribution in [0.3, 0.4) is 0 Å². The van der Waals surface area contributed by atoms with Crippen molar-refractivity contribution in [2.75, 3.05) is 10.7 Å². The van der Waals surface area contributed by atoms with Gasteiger partial charge < -0.3 is 9.47 Å². The number of para-hydroxylation sites is 1. The monoisotopic (exact) mass is 400 g/mol. The van der Waals surface area contributed by atoms with Crippen molar-refractivity contribution >= 4 is 35.0 Å². The lowest BCUT2D eigenvalue weighted by molar-refractivity contribution is -0.116. The summed E-state index contributed by atoms with van der Waals surface area (Å²) in [6.07, 6.45) is 0. The summed E-state index contributed by atoms with van der Waals surface area (Å²) in [5, 5.41) is 9.87. The van der Waals surface area contributed by atoms with Gasteiger partial charge >= 0.3 is 0 Å². The first-order valence-corrected chi connectivity index (χ1v) is 9.99. The Morgan fingerprint density at radius 2 is 1.78 bits per heavy atom. The molecule has 1 heterocycles. The Bertz CT molecular complexity index is 909. The van der Waals surface area contributed by atoms with Crippen LogP contribution in [-0.4, -0.2) is 32.5 Å². The summed E-state index contributed by atoms with van der Waals surface area (Å²) in [5.41, 5.74) is 1.83. The van der Waals surface area contributed by atoms with Crippen molar-refractivity contribution in [1.82, 2.24) is 14.8 Å². The molecular formula is C20H21ClN4OS. The van der Waals surface area contributed by atoms with Gasteiger partial charge in [-0.3, -0.25) is 4.79 Å². The molecule has 0 spiro atoms. The predicted octanol–water partition coefficient (Wildman–Crippen LogP) is 4.67. The quantitative estimate of drug-likeness (QED) is 0.564. The zero-order valence-electron chi connectivity index (χ0n) is 15.5. The lowest BCUT2D eigenvalue weighted by Gasteiger charge is -2.26. The SMILES string of the molecule is CC(C)N(C(=O)CSc1nnc(-c2ccc(Cl)cc2)n1C)c1ccccc1. The van der Waals surface area contributed by atoms with Crippen molar-refractivity contribution in [1.29, 1.82) is 0 Å². The molecule has 0 aliphatic carbocycles. The van der Waals surface area contributed by atoms with Gasteiger partial charge in [-0.1, -0.05) is 41.6 Å². The van der Waals surface area contributed by atoms with Gasteiger partial charge in [0, 0.05) is 29.4 Å². The molecule has 0 fully saturated rings. The van der Waals surface area contributed by atoms with Crippen LogP contribution in [0.1, 0.15) is 13.8 Å². The van der Waals surface area contributed by atoms with Crippen LogP contribution in [0.25, 0.3) is 11.4 Å². The molecule has 0 saturated carbocycles. The van der Waals surface area contributed by atoms with E-state index in [2.05, 4.69) is 10.2 Å². The van der Waals surface area contributed by atoms with Gasteiger partial charge in [0.15, 0.2) is 11.0 Å². The van der Waals surface area contributed by atoms with Gasteiger partial charge in [0.1, 0.15) is 0 Å². The largest absolute Gasteiger partial charge is 0.309 e. The van der Waals surface area contributed by atoms with Crippen LogP contribution in [0.5, 0.6) is 0 Å². The first-order valence-electron chi connectivity index (χ1n) is 8.62. The average molecular weight is 401 g/mol. The summed E-state index contributed by atoms with van der Waals surface area (Å²) in [5.74, 6) is 1.07. The summed E-state index contributed by atoms with van der Waals surface area (Å²) in [6, 6.07) is 17.2. The second-order valence-electron chi connectivity index (χ2n) is 6.35. The van der Waals surface area contributed by atoms with Crippen LogP contribution in [0.2, 0.25) is 5.02 Å². The van der Waals surface area contributed by atoms with E-state index in [9.17, 15) is 4.79 Å². The highest BCUT2D eigenvalue weighted by molar-refractivity contribution is 7.99. The van der Waals surface area contributed by atoms with Crippen molar-refractivity contribution in [3.05, 3.63) is 59.6 Å². The number of hydrogen-bond donors (Lipinski definition) is 0. The Morgan fingerprint density at radius 1 is 1.11 bits per heavy atom. The highest BCUT2D eigenvalue weighted by atomic mass is 35.5. The number of halogens is 1. The standard InChI is InChI=1S/C20H21ClN4OS/c1-14(2)25(17-7-5-4-6-8-17)18(26)13-27-20-23-22-19(24(20)3)15-9-11-16(21)12-10-15/h4-12,14H,13H2,1-3H3. The molecule has 3 rings (SSSR count). The first kappa shape index (κ1) is 19.5. The number of benzene rings is 2. The maximum absolute atomic E-state index is 12.8. The molecule has 0 N–H and O–H groups in total. The Hall–Kier alpha value is -2.31. The van der Waals surface area contributed by atoms with Crippen LogP contribution in [-0.2, 0) is 11.8 Å². The highest BCUT2D eigenvalue weighted by Crippen LogP contribution is 2.25. The van der Waals surface area contributed by atoms with E-state index in [0.717, 1.165) is 17.1 Å². The third-order valence-corrected chi connectivity index (χ3v) is 5.34. The summed E-state index contributed by atoms with van der Waals surface area (Å²) in [4.78, 5) is 14.6. The second-order valence-corrected chi connectivity index (χ2v) is 7.73. The smallest absolute Gasteiger partial charge is 0.237 e. The van der Waals surface area contributed by atoms with Crippen molar-refractivity contribution in [3.8, 4) is 11.4 Å². The van der Waals surface area contributed by atoms with E-state index >= 15 is 0 Å². The van der Waals surface area contributed by atoms with Crippen molar-refractivity contribution in [3.63, 3.8) is 0 Å². The molecule has 0 radical (unpaired) electrons. The Kier molecular flexibility index (Phi) is 6.19. The van der Waals surface area contributed by atoms with Gasteiger partial charge in [0.2, 0.25) is 5.91 Å². The fraction of sp³-hybridized carbons (Fsp3) is 0.250. The summed E-state index contributed by atoms with van der Waals surface area (Å²) in [7, 11) is 1.90. The third kappa shape index (κ3) is 4.51. The minimum Gasteiger partial charge on any atom is -0.309 e. The molecule has 1 aromatic heterocycles. The fourth-order valence-electron chi connectivity index (χ4n) is 2.81. The average Bonchev–Trinajstić information content (AvgIpc) is 3.02. The maximum atomic E-state index is 12.8. The minimum atomic E-state index is 0.0391. The Morgan fingerprint density at radius 3 is 2.41 bits per heavy atom. The molecule has 1 amide bonds. The van der Waals surface area contributed by atoms with Crippen LogP contribution in [0.4, 0.5) is 5.69 Å². The van der Waals surface area contributed by atoms with Gasteiger partial charge in [-0.25, -0.2) is 0 Å². The third-order valence-electron chi connectivity index (χ3n) is 4.08. The fourth-order valence-corrected chi connectivity index (χ4v) is 3.70. The lowest BCUT2D eigenvalue weighted by Crippen LogP contribution is -2.38. The minimum absolute atomic E-state index is 0.0391. The second kappa shape index (κ2) is 8.59. The Balaban J connectivity index is 1.73. The zero-order chi connectivity index (χ0) is 19.4. The normalized spacial score (nSPS) is 11.0. The van der Waals surface area contributed by atoms with Crippen LogP contribution >= 0.6 is 23.4 Å². The number of hydrogen-bond acceptors (Lipinski definition) is 4. The summed E-state index contributed by atoms with van der Waals surface area (Å²) >= 11 is 7.33. The van der Waals surface area contributed by atoms with E-state index < -0.39 is 0 Å². The number of aromatic nitrogens is 3. The van der Waals surface area contributed by atoms with Gasteiger partial charge in [-0.2, -0.15) is 0 Å². The molecule has 0 aliphatic heterocycles. The molecule has 27 heavy (non-hydrogen) atoms. The molecule has 0 atom stereocenters. The number of thioether (sulfide) groups is 1. The maximum Gasteiger partial charge on any atom is 0.237 e. The highest BCUT2D eigenvalue weighted by Gasteiger charge is 2.20. The number of carbonyl (C=O) groups excluding carboxylic acids is 1. The number of rotatable bonds is 6. The topological polar surface area (TPSA) is 51.0 Å². The summed E-state index contributed by atoms with van der Waals surface area (Å²) < 4.78 is 1.89. The van der Waals surface area contributed by atoms with Crippen LogP contribution in [0.15, 0.2) is 59.8 Å². The first-order chi connectivity index (χ1) is 13.0. The van der Waals surface area contributed by atoms with Crippen LogP contribution < -0.4 is 4.90 Å². The molecule has 0 aliphatic rings. The van der Waals surface area contributed by atoms with Gasteiger partial charge in [-0.05, 0) is 50.2 Å². The molecule has 3 aromatic rings. The number of nitrogens with zero attached hydrogens (tertiary/aromatic N) is 4. The molecule has 0 unspecified atom stereocenters. The molecule has 0 saturated heterocycles. The van der Waals surface area contributed by atoms with E-state index in [1.54, 1.807) is 0 Å². The van der Waals surface area contributed by atoms with Gasteiger partial charge in [0.05, 0.1) is 5.75 Å². The molecule has 7 heteroatoms. The van der Waals surface area contributed by atoms with Crippen molar-refractivity contribution in [2.24, 2.45) is 7.05 Å². The molecule has 140 valence electrons. The van der Waals surface area contributed by atoms with E-state index in [-0.39, 0.29) is 11.9 Å². The number of carbonyl (C=O) groups is 1. The van der Waals surface area contributed by atoms with E-state index in [1.807, 2.05) is 85.0 Å². The molecule has 5 nitrogen and oxygen atoms in total. The summed E-state index contributed by atoms with van der Waals surface area (Å²) in [6.45, 7) is 4.02. The van der Waals surface area contributed by atoms with Crippen LogP contribution in [0, 0.1) is 0 Å². The predicted molar refractivity (Wildman–Crippen MR) is 111 cm³/mol. The van der Waals surface area contributed by atoms with Crippen molar-refractivity contribution in [2.45, 2.75) is 25.0 Å². The molecular weight excluding hydrogens is 380 g/mol. The number of amides is 1. The van der Waals surface area contributed by atoms with Gasteiger partial charge in [0.25, 0.3) is 0 Å². The van der Waals surface area contributed by atoms with E-state index in [0.29, 0.717) is 15.9 Å². The molecule has 0 bridgehead atoms. The number of anilines is 1. The van der Waals surface area contributed by atoms with E-state index in [4.69, 9.17) is 11.6 Å². The van der Waals surface area contributed by atoms with Gasteiger partial charge in [-0.15, -0.1) is 10.2 Å². The Labute approximate surface area is 168 Å². The molecule has 2 aromatic carbocycles. The van der Waals surface area contributed by atoms with Crippen molar-refractivity contribution < 1.29 is 4.79 Å². The van der Waals surface area contributed by atoms with E-state index in [1.165, 1.54) is 11.8 Å². The lowest BCUT2D eigenvalue weighted by atomic mass is 10.2.